The second-order valence-electron chi connectivity index (χ2n) is 6.43. The van der Waals surface area contributed by atoms with Crippen molar-refractivity contribution in [2.75, 3.05) is 49.6 Å². The number of carbonyl (C=O) groups excluding carboxylic acids is 1. The van der Waals surface area contributed by atoms with E-state index in [2.05, 4.69) is 30.7 Å². The maximum Gasteiger partial charge on any atom is 0.273 e. The van der Waals surface area contributed by atoms with E-state index in [-0.39, 0.29) is 11.6 Å². The van der Waals surface area contributed by atoms with Crippen LogP contribution in [0.1, 0.15) is 16.9 Å². The number of morpholine rings is 1. The van der Waals surface area contributed by atoms with Gasteiger partial charge in [-0.2, -0.15) is 4.98 Å². The molecule has 1 amide bonds. The third-order valence-electron chi connectivity index (χ3n) is 4.39. The van der Waals surface area contributed by atoms with Gasteiger partial charge >= 0.3 is 0 Å². The van der Waals surface area contributed by atoms with E-state index in [4.69, 9.17) is 9.26 Å². The average molecular weight is 414 g/mol. The molecule has 3 aromatic heterocycles. The summed E-state index contributed by atoms with van der Waals surface area (Å²) >= 11 is 1.54. The number of nitrogens with one attached hydrogen (secondary N) is 2. The molecule has 4 heterocycles. The van der Waals surface area contributed by atoms with Crippen molar-refractivity contribution in [2.24, 2.45) is 0 Å². The van der Waals surface area contributed by atoms with Crippen molar-refractivity contribution >= 4 is 29.0 Å². The number of thiophene rings is 1. The molecule has 4 rings (SSSR count). The molecule has 0 aromatic carbocycles. The lowest BCUT2D eigenvalue weighted by Crippen LogP contribution is -2.37. The molecular formula is C19H22N6O3S. The lowest BCUT2D eigenvalue weighted by molar-refractivity contribution is 0.0944. The highest BCUT2D eigenvalue weighted by Gasteiger charge is 2.15. The predicted octanol–water partition coefficient (Wildman–Crippen LogP) is 2.26. The van der Waals surface area contributed by atoms with E-state index in [0.717, 1.165) is 30.2 Å². The van der Waals surface area contributed by atoms with Crippen molar-refractivity contribution in [3.8, 4) is 10.6 Å². The molecular weight excluding hydrogens is 392 g/mol. The van der Waals surface area contributed by atoms with Gasteiger partial charge in [-0.05, 0) is 23.9 Å². The summed E-state index contributed by atoms with van der Waals surface area (Å²) < 4.78 is 10.6. The molecule has 1 saturated heterocycles. The van der Waals surface area contributed by atoms with Gasteiger partial charge in [0.2, 0.25) is 5.95 Å². The zero-order valence-electron chi connectivity index (χ0n) is 15.8. The fourth-order valence-electron chi connectivity index (χ4n) is 2.88. The highest BCUT2D eigenvalue weighted by Crippen LogP contribution is 2.25. The van der Waals surface area contributed by atoms with Crippen LogP contribution in [-0.4, -0.2) is 60.4 Å². The van der Waals surface area contributed by atoms with Crippen LogP contribution in [0, 0.1) is 0 Å². The summed E-state index contributed by atoms with van der Waals surface area (Å²) in [5.74, 6) is 1.84. The smallest absolute Gasteiger partial charge is 0.273 e. The maximum atomic E-state index is 12.2. The highest BCUT2D eigenvalue weighted by atomic mass is 32.1. The van der Waals surface area contributed by atoms with Gasteiger partial charge in [0.1, 0.15) is 5.82 Å². The van der Waals surface area contributed by atoms with Crippen LogP contribution >= 0.6 is 11.3 Å². The molecule has 152 valence electrons. The zero-order valence-corrected chi connectivity index (χ0v) is 16.7. The average Bonchev–Trinajstić information content (AvgIpc) is 3.46. The molecule has 2 N–H and O–H groups in total. The van der Waals surface area contributed by atoms with Crippen LogP contribution < -0.4 is 15.5 Å². The lowest BCUT2D eigenvalue weighted by atomic mass is 10.3. The minimum absolute atomic E-state index is 0.242. The normalized spacial score (nSPS) is 14.0. The van der Waals surface area contributed by atoms with Gasteiger partial charge in [-0.3, -0.25) is 4.79 Å². The number of amides is 1. The van der Waals surface area contributed by atoms with Crippen molar-refractivity contribution in [3.63, 3.8) is 0 Å². The topological polar surface area (TPSA) is 105 Å². The van der Waals surface area contributed by atoms with Crippen LogP contribution in [0.2, 0.25) is 0 Å². The summed E-state index contributed by atoms with van der Waals surface area (Å²) in [5, 5.41) is 11.9. The third kappa shape index (κ3) is 5.09. The maximum absolute atomic E-state index is 12.2. The van der Waals surface area contributed by atoms with Gasteiger partial charge in [-0.25, -0.2) is 4.98 Å². The number of nitrogens with zero attached hydrogens (tertiary/aromatic N) is 4. The monoisotopic (exact) mass is 414 g/mol. The Kier molecular flexibility index (Phi) is 6.32. The van der Waals surface area contributed by atoms with Gasteiger partial charge < -0.3 is 24.8 Å². The van der Waals surface area contributed by atoms with E-state index in [0.29, 0.717) is 38.0 Å². The van der Waals surface area contributed by atoms with Gasteiger partial charge in [0.05, 0.1) is 18.1 Å². The Labute approximate surface area is 172 Å². The second kappa shape index (κ2) is 9.48. The Bertz CT molecular complexity index is 924. The Morgan fingerprint density at radius 3 is 2.97 bits per heavy atom. The molecule has 0 radical (unpaired) electrons. The molecule has 0 saturated carbocycles. The van der Waals surface area contributed by atoms with E-state index in [9.17, 15) is 4.79 Å². The first-order chi connectivity index (χ1) is 14.3. The quantitative estimate of drug-likeness (QED) is 0.541. The van der Waals surface area contributed by atoms with Crippen molar-refractivity contribution < 1.29 is 14.1 Å². The van der Waals surface area contributed by atoms with Crippen molar-refractivity contribution in [1.82, 2.24) is 20.4 Å². The lowest BCUT2D eigenvalue weighted by Gasteiger charge is -2.26. The summed E-state index contributed by atoms with van der Waals surface area (Å²) in [6.07, 6.45) is 2.50. The summed E-state index contributed by atoms with van der Waals surface area (Å²) in [4.78, 5) is 24.1. The molecule has 0 aliphatic carbocycles. The molecule has 3 aromatic rings. The van der Waals surface area contributed by atoms with Crippen LogP contribution in [0.25, 0.3) is 10.6 Å². The number of carbonyl (C=O) groups is 1. The highest BCUT2D eigenvalue weighted by molar-refractivity contribution is 7.13. The number of hydrogen-bond acceptors (Lipinski definition) is 9. The van der Waals surface area contributed by atoms with Crippen LogP contribution in [0.4, 0.5) is 11.8 Å². The van der Waals surface area contributed by atoms with Crippen molar-refractivity contribution in [2.45, 2.75) is 6.42 Å². The first kappa shape index (κ1) is 19.3. The summed E-state index contributed by atoms with van der Waals surface area (Å²) in [5.41, 5.74) is 0.285. The largest absolute Gasteiger partial charge is 0.378 e. The molecule has 0 atom stereocenters. The molecule has 1 fully saturated rings. The van der Waals surface area contributed by atoms with E-state index in [1.165, 1.54) is 0 Å². The minimum atomic E-state index is -0.242. The molecule has 9 nitrogen and oxygen atoms in total. The molecule has 0 spiro atoms. The Hall–Kier alpha value is -2.98. The first-order valence-electron chi connectivity index (χ1n) is 9.48. The zero-order chi connectivity index (χ0) is 19.9. The van der Waals surface area contributed by atoms with Gasteiger partial charge in [-0.15, -0.1) is 11.3 Å². The summed E-state index contributed by atoms with van der Waals surface area (Å²) in [7, 11) is 0. The van der Waals surface area contributed by atoms with Gasteiger partial charge in [0.15, 0.2) is 11.5 Å². The van der Waals surface area contributed by atoms with Crippen LogP contribution in [0.15, 0.2) is 40.4 Å². The van der Waals surface area contributed by atoms with E-state index < -0.39 is 0 Å². The number of aromatic nitrogens is 3. The number of anilines is 2. The molecule has 10 heteroatoms. The van der Waals surface area contributed by atoms with Gasteiger partial charge in [-0.1, -0.05) is 11.2 Å². The fraction of sp³-hybridized carbons (Fsp3) is 0.368. The van der Waals surface area contributed by atoms with Crippen molar-refractivity contribution in [3.05, 3.63) is 41.5 Å². The number of rotatable bonds is 8. The minimum Gasteiger partial charge on any atom is -0.378 e. The summed E-state index contributed by atoms with van der Waals surface area (Å²) in [6, 6.07) is 7.35. The molecule has 0 bridgehead atoms. The van der Waals surface area contributed by atoms with Crippen molar-refractivity contribution in [1.29, 1.82) is 0 Å². The Morgan fingerprint density at radius 1 is 1.24 bits per heavy atom. The second-order valence-corrected chi connectivity index (χ2v) is 7.38. The van der Waals surface area contributed by atoms with Crippen LogP contribution in [0.3, 0.4) is 0 Å². The SMILES string of the molecule is O=C(NCCCNc1ccnc(N2CCOCC2)n1)c1cc(-c2cccs2)on1. The molecule has 1 aliphatic heterocycles. The predicted molar refractivity (Wildman–Crippen MR) is 110 cm³/mol. The van der Waals surface area contributed by atoms with Gasteiger partial charge in [0, 0.05) is 38.4 Å². The fourth-order valence-corrected chi connectivity index (χ4v) is 3.55. The standard InChI is InChI=1S/C19H22N6O3S/c26-18(14-13-15(28-24-14)16-3-1-12-29-16)21-6-2-5-20-17-4-7-22-19(23-17)25-8-10-27-11-9-25/h1,3-4,7,12-13H,2,5-6,8-11H2,(H,21,26)(H,20,22,23). The third-order valence-corrected chi connectivity index (χ3v) is 5.27. The van der Waals surface area contributed by atoms with E-state index in [1.807, 2.05) is 23.6 Å². The van der Waals surface area contributed by atoms with E-state index in [1.54, 1.807) is 23.6 Å². The number of hydrogen-bond donors (Lipinski definition) is 2. The first-order valence-corrected chi connectivity index (χ1v) is 10.4. The Balaban J connectivity index is 1.19. The summed E-state index contributed by atoms with van der Waals surface area (Å²) in [6.45, 7) is 4.19. The Morgan fingerprint density at radius 2 is 2.14 bits per heavy atom. The van der Waals surface area contributed by atoms with Crippen LogP contribution in [0.5, 0.6) is 0 Å². The molecule has 0 unspecified atom stereocenters. The molecule has 29 heavy (non-hydrogen) atoms. The molecule has 1 aliphatic rings. The van der Waals surface area contributed by atoms with Gasteiger partial charge in [0.25, 0.3) is 5.91 Å². The number of ether oxygens (including phenoxy) is 1. The van der Waals surface area contributed by atoms with E-state index >= 15 is 0 Å². The van der Waals surface area contributed by atoms with Crippen LogP contribution in [-0.2, 0) is 4.74 Å².